The van der Waals surface area contributed by atoms with E-state index in [9.17, 15) is 9.59 Å². The molecule has 0 radical (unpaired) electrons. The van der Waals surface area contributed by atoms with Gasteiger partial charge in [-0.15, -0.1) is 23.1 Å². The lowest BCUT2D eigenvalue weighted by atomic mass is 9.97. The van der Waals surface area contributed by atoms with Gasteiger partial charge in [-0.25, -0.2) is 4.98 Å². The highest BCUT2D eigenvalue weighted by molar-refractivity contribution is 8.03. The van der Waals surface area contributed by atoms with Crippen LogP contribution in [0.25, 0.3) is 10.2 Å². The van der Waals surface area contributed by atoms with Crippen LogP contribution in [0.5, 0.6) is 0 Å². The first-order chi connectivity index (χ1) is 11.6. The van der Waals surface area contributed by atoms with Gasteiger partial charge in [-0.05, 0) is 44.4 Å². The molecule has 1 aliphatic rings. The number of allylic oxidation sites excluding steroid dienone is 2. The number of H-pyrrole nitrogens is 1. The van der Waals surface area contributed by atoms with Crippen LogP contribution in [0.3, 0.4) is 0 Å². The molecule has 3 rings (SSSR count). The maximum atomic E-state index is 12.4. The SMILES string of the molecule is C/C=C(\SC)C(=O)Cc1nc2sc3c(c2c(=O)[nH]1)CCCC3.CC. The summed E-state index contributed by atoms with van der Waals surface area (Å²) in [5.41, 5.74) is 1.08. The van der Waals surface area contributed by atoms with Crippen LogP contribution in [-0.2, 0) is 24.1 Å². The molecular weight excluding hydrogens is 340 g/mol. The molecule has 0 unspecified atom stereocenters. The molecule has 0 fully saturated rings. The van der Waals surface area contributed by atoms with Gasteiger partial charge in [-0.2, -0.15) is 0 Å². The highest BCUT2D eigenvalue weighted by Crippen LogP contribution is 2.33. The summed E-state index contributed by atoms with van der Waals surface area (Å²) in [5, 5.41) is 0.743. The number of thioether (sulfide) groups is 1. The van der Waals surface area contributed by atoms with Crippen molar-refractivity contribution in [1.29, 1.82) is 0 Å². The van der Waals surface area contributed by atoms with Crippen molar-refractivity contribution < 1.29 is 4.79 Å². The third-order valence-corrected chi connectivity index (χ3v) is 6.05. The normalized spacial score (nSPS) is 14.1. The summed E-state index contributed by atoms with van der Waals surface area (Å²) in [4.78, 5) is 34.7. The average molecular weight is 365 g/mol. The summed E-state index contributed by atoms with van der Waals surface area (Å²) in [6, 6.07) is 0. The number of hydrogen-bond acceptors (Lipinski definition) is 5. The molecule has 130 valence electrons. The number of nitrogens with zero attached hydrogens (tertiary/aromatic N) is 1. The van der Waals surface area contributed by atoms with E-state index in [2.05, 4.69) is 9.97 Å². The standard InChI is InChI=1S/C16H18N2O2S2.C2H6/c1-3-11(21-2)10(19)8-13-17-15(20)14-9-6-4-5-7-12(9)22-16(14)18-13;1-2/h3H,4-8H2,1-2H3,(H,17,18,20);1-2H3/b11-3-;. The molecule has 1 N–H and O–H groups in total. The molecular formula is C18H24N2O2S2. The van der Waals surface area contributed by atoms with Crippen molar-refractivity contribution in [3.05, 3.63) is 37.6 Å². The molecule has 2 heterocycles. The van der Waals surface area contributed by atoms with Crippen molar-refractivity contribution in [3.63, 3.8) is 0 Å². The Morgan fingerprint density at radius 2 is 2.04 bits per heavy atom. The summed E-state index contributed by atoms with van der Waals surface area (Å²) in [6.45, 7) is 5.84. The Bertz CT molecular complexity index is 818. The number of carbonyl (C=O) groups is 1. The lowest BCUT2D eigenvalue weighted by Crippen LogP contribution is -2.16. The molecule has 1 aliphatic carbocycles. The maximum absolute atomic E-state index is 12.4. The Kier molecular flexibility index (Phi) is 6.80. The number of hydrogen-bond donors (Lipinski definition) is 1. The number of aromatic nitrogens is 2. The first kappa shape index (κ1) is 18.9. The lowest BCUT2D eigenvalue weighted by molar-refractivity contribution is -0.114. The van der Waals surface area contributed by atoms with Crippen molar-refractivity contribution in [2.75, 3.05) is 6.26 Å². The van der Waals surface area contributed by atoms with E-state index in [-0.39, 0.29) is 17.8 Å². The maximum Gasteiger partial charge on any atom is 0.259 e. The van der Waals surface area contributed by atoms with E-state index in [1.807, 2.05) is 27.0 Å². The first-order valence-electron chi connectivity index (χ1n) is 8.41. The van der Waals surface area contributed by atoms with Gasteiger partial charge in [0.1, 0.15) is 10.7 Å². The molecule has 2 aromatic heterocycles. The number of Topliss-reactive ketones (excluding diaryl/α,β-unsaturated/α-hetero) is 1. The van der Waals surface area contributed by atoms with Crippen LogP contribution in [0.1, 0.15) is 49.9 Å². The summed E-state index contributed by atoms with van der Waals surface area (Å²) in [5.74, 6) is 0.466. The fourth-order valence-corrected chi connectivity index (χ4v) is 4.74. The van der Waals surface area contributed by atoms with Crippen LogP contribution in [-0.4, -0.2) is 22.0 Å². The van der Waals surface area contributed by atoms with Gasteiger partial charge in [0.25, 0.3) is 5.56 Å². The van der Waals surface area contributed by atoms with Crippen molar-refractivity contribution in [2.45, 2.75) is 52.9 Å². The molecule has 0 spiro atoms. The minimum absolute atomic E-state index is 0.00109. The quantitative estimate of drug-likeness (QED) is 0.823. The van der Waals surface area contributed by atoms with Crippen LogP contribution in [0.2, 0.25) is 0 Å². The number of aryl methyl sites for hydroxylation is 2. The van der Waals surface area contributed by atoms with Gasteiger partial charge < -0.3 is 4.98 Å². The number of nitrogens with one attached hydrogen (secondary N) is 1. The predicted octanol–water partition coefficient (Wildman–Crippen LogP) is 4.27. The number of ketones is 1. The van der Waals surface area contributed by atoms with E-state index >= 15 is 0 Å². The van der Waals surface area contributed by atoms with Crippen LogP contribution >= 0.6 is 23.1 Å². The van der Waals surface area contributed by atoms with E-state index in [0.29, 0.717) is 10.7 Å². The fourth-order valence-electron chi connectivity index (χ4n) is 2.92. The van der Waals surface area contributed by atoms with Gasteiger partial charge in [-0.1, -0.05) is 19.9 Å². The number of thiophene rings is 1. The Labute approximate surface area is 150 Å². The van der Waals surface area contributed by atoms with Gasteiger partial charge in [0.15, 0.2) is 5.78 Å². The molecule has 4 nitrogen and oxygen atoms in total. The highest BCUT2D eigenvalue weighted by Gasteiger charge is 2.20. The third kappa shape index (κ3) is 3.81. The summed E-state index contributed by atoms with van der Waals surface area (Å²) < 4.78 is 0. The average Bonchev–Trinajstić information content (AvgIpc) is 2.96. The first-order valence-corrected chi connectivity index (χ1v) is 10.4. The van der Waals surface area contributed by atoms with Gasteiger partial charge in [0, 0.05) is 9.78 Å². The summed E-state index contributed by atoms with van der Waals surface area (Å²) in [6.07, 6.45) is 8.15. The Morgan fingerprint density at radius 1 is 1.33 bits per heavy atom. The summed E-state index contributed by atoms with van der Waals surface area (Å²) >= 11 is 3.03. The molecule has 0 amide bonds. The number of rotatable bonds is 4. The van der Waals surface area contributed by atoms with E-state index in [0.717, 1.165) is 29.5 Å². The number of fused-ring (bicyclic) bond motifs is 3. The predicted molar refractivity (Wildman–Crippen MR) is 104 cm³/mol. The van der Waals surface area contributed by atoms with Crippen LogP contribution < -0.4 is 5.56 Å². The molecule has 0 atom stereocenters. The molecule has 2 aromatic rings. The van der Waals surface area contributed by atoms with Crippen molar-refractivity contribution in [3.8, 4) is 0 Å². The second kappa shape index (κ2) is 8.62. The van der Waals surface area contributed by atoms with Crippen LogP contribution in [0.4, 0.5) is 0 Å². The molecule has 6 heteroatoms. The van der Waals surface area contributed by atoms with Crippen LogP contribution in [0.15, 0.2) is 15.8 Å². The third-order valence-electron chi connectivity index (χ3n) is 3.96. The smallest absolute Gasteiger partial charge is 0.259 e. The molecule has 0 saturated carbocycles. The second-order valence-electron chi connectivity index (χ2n) is 5.36. The van der Waals surface area contributed by atoms with E-state index in [4.69, 9.17) is 0 Å². The largest absolute Gasteiger partial charge is 0.310 e. The lowest BCUT2D eigenvalue weighted by Gasteiger charge is -2.09. The van der Waals surface area contributed by atoms with E-state index in [1.165, 1.54) is 28.6 Å². The van der Waals surface area contributed by atoms with Gasteiger partial charge in [0.2, 0.25) is 0 Å². The Hall–Kier alpha value is -1.40. The minimum atomic E-state index is -0.0987. The van der Waals surface area contributed by atoms with Crippen molar-refractivity contribution in [1.82, 2.24) is 9.97 Å². The van der Waals surface area contributed by atoms with Gasteiger partial charge in [-0.3, -0.25) is 9.59 Å². The Morgan fingerprint density at radius 3 is 2.71 bits per heavy atom. The fraction of sp³-hybridized carbons (Fsp3) is 0.500. The zero-order valence-corrected chi connectivity index (χ0v) is 16.3. The van der Waals surface area contributed by atoms with Gasteiger partial charge in [0.05, 0.1) is 11.8 Å². The topological polar surface area (TPSA) is 62.8 Å². The molecule has 0 aromatic carbocycles. The number of carbonyl (C=O) groups excluding carboxylic acids is 1. The molecule has 0 saturated heterocycles. The monoisotopic (exact) mass is 364 g/mol. The summed E-state index contributed by atoms with van der Waals surface area (Å²) in [7, 11) is 0. The van der Waals surface area contributed by atoms with E-state index < -0.39 is 0 Å². The van der Waals surface area contributed by atoms with Crippen LogP contribution in [0, 0.1) is 0 Å². The highest BCUT2D eigenvalue weighted by atomic mass is 32.2. The zero-order chi connectivity index (χ0) is 17.7. The molecule has 0 bridgehead atoms. The van der Waals surface area contributed by atoms with E-state index in [1.54, 1.807) is 17.4 Å². The zero-order valence-electron chi connectivity index (χ0n) is 14.7. The van der Waals surface area contributed by atoms with Crippen molar-refractivity contribution >= 4 is 39.1 Å². The minimum Gasteiger partial charge on any atom is -0.310 e. The second-order valence-corrected chi connectivity index (χ2v) is 7.29. The van der Waals surface area contributed by atoms with Gasteiger partial charge >= 0.3 is 0 Å². The molecule has 0 aliphatic heterocycles. The number of aromatic amines is 1. The van der Waals surface area contributed by atoms with Crippen molar-refractivity contribution in [2.24, 2.45) is 0 Å². The molecule has 24 heavy (non-hydrogen) atoms. The Balaban J connectivity index is 0.00000100.